The van der Waals surface area contributed by atoms with Gasteiger partial charge in [0.1, 0.15) is 0 Å². The number of urea groups is 1. The lowest BCUT2D eigenvalue weighted by atomic mass is 9.75. The number of hydrogen-bond acceptors (Lipinski definition) is 2. The van der Waals surface area contributed by atoms with Crippen molar-refractivity contribution in [1.29, 1.82) is 0 Å². The molecule has 1 aromatic rings. The van der Waals surface area contributed by atoms with Gasteiger partial charge in [0, 0.05) is 31.4 Å². The van der Waals surface area contributed by atoms with Gasteiger partial charge in [-0.25, -0.2) is 4.79 Å². The Bertz CT molecular complexity index is 570. The summed E-state index contributed by atoms with van der Waals surface area (Å²) >= 11 is 0. The fourth-order valence-electron chi connectivity index (χ4n) is 3.86. The van der Waals surface area contributed by atoms with Gasteiger partial charge in [0.2, 0.25) is 0 Å². The molecule has 2 atom stereocenters. The first-order chi connectivity index (χ1) is 11.2. The Morgan fingerprint density at radius 2 is 1.74 bits per heavy atom. The van der Waals surface area contributed by atoms with Crippen LogP contribution in [0, 0.1) is 11.8 Å². The second-order valence-electron chi connectivity index (χ2n) is 6.63. The predicted octanol–water partition coefficient (Wildman–Crippen LogP) is 3.09. The van der Waals surface area contributed by atoms with Crippen molar-refractivity contribution >= 4 is 17.6 Å². The van der Waals surface area contributed by atoms with Crippen molar-refractivity contribution in [2.45, 2.75) is 32.1 Å². The summed E-state index contributed by atoms with van der Waals surface area (Å²) in [6.45, 7) is 1.78. The zero-order chi connectivity index (χ0) is 16.2. The van der Waals surface area contributed by atoms with Gasteiger partial charge in [-0.3, -0.25) is 4.79 Å². The molecular formula is C18H25N3O2. The van der Waals surface area contributed by atoms with Gasteiger partial charge >= 0.3 is 6.03 Å². The number of anilines is 1. The molecule has 0 radical (unpaired) electrons. The summed E-state index contributed by atoms with van der Waals surface area (Å²) in [4.78, 5) is 26.0. The highest BCUT2D eigenvalue weighted by Gasteiger charge is 2.33. The van der Waals surface area contributed by atoms with Crippen LogP contribution in [0.25, 0.3) is 0 Å². The van der Waals surface area contributed by atoms with E-state index in [2.05, 4.69) is 10.6 Å². The first-order valence-corrected chi connectivity index (χ1v) is 8.55. The molecule has 3 rings (SSSR count). The number of likely N-dealkylation sites (tertiary alicyclic amines) is 1. The number of benzene rings is 1. The molecule has 2 aliphatic rings. The lowest BCUT2D eigenvalue weighted by Crippen LogP contribution is -2.44. The molecule has 1 saturated heterocycles. The maximum Gasteiger partial charge on any atom is 0.318 e. The van der Waals surface area contributed by atoms with Crippen molar-refractivity contribution in [1.82, 2.24) is 10.2 Å². The second-order valence-corrected chi connectivity index (χ2v) is 6.63. The molecule has 0 aromatic heterocycles. The maximum absolute atomic E-state index is 12.7. The van der Waals surface area contributed by atoms with Gasteiger partial charge in [0.15, 0.2) is 0 Å². The predicted molar refractivity (Wildman–Crippen MR) is 90.5 cm³/mol. The lowest BCUT2D eigenvalue weighted by molar-refractivity contribution is 0.0521. The molecule has 1 saturated carbocycles. The molecule has 23 heavy (non-hydrogen) atoms. The first kappa shape index (κ1) is 15.8. The number of carbonyl (C=O) groups is 2. The summed E-state index contributed by atoms with van der Waals surface area (Å²) in [7, 11) is 1.57. The van der Waals surface area contributed by atoms with Crippen LogP contribution in [0.2, 0.25) is 0 Å². The number of hydrogen-bond donors (Lipinski definition) is 2. The Morgan fingerprint density at radius 3 is 2.43 bits per heavy atom. The normalized spacial score (nSPS) is 23.8. The van der Waals surface area contributed by atoms with Crippen LogP contribution >= 0.6 is 0 Å². The van der Waals surface area contributed by atoms with E-state index in [0.717, 1.165) is 25.4 Å². The zero-order valence-corrected chi connectivity index (χ0v) is 13.7. The van der Waals surface area contributed by atoms with Gasteiger partial charge in [-0.1, -0.05) is 19.3 Å². The van der Waals surface area contributed by atoms with Crippen LogP contribution < -0.4 is 10.6 Å². The lowest BCUT2D eigenvalue weighted by Gasteiger charge is -2.41. The molecule has 3 amide bonds. The molecule has 0 spiro atoms. The number of carbonyl (C=O) groups excluding carboxylic acids is 2. The summed E-state index contributed by atoms with van der Waals surface area (Å²) in [6, 6.07) is 6.87. The third-order valence-corrected chi connectivity index (χ3v) is 5.20. The quantitative estimate of drug-likeness (QED) is 0.881. The SMILES string of the molecule is CNC(=O)Nc1ccc(C(=O)N2CC[C@H]3CCCC[C@H]3C2)cc1. The van der Waals surface area contributed by atoms with Crippen LogP contribution in [0.4, 0.5) is 10.5 Å². The van der Waals surface area contributed by atoms with Gasteiger partial charge in [-0.05, 0) is 48.9 Å². The highest BCUT2D eigenvalue weighted by atomic mass is 16.2. The highest BCUT2D eigenvalue weighted by molar-refractivity contribution is 5.95. The summed E-state index contributed by atoms with van der Waals surface area (Å²) in [6.07, 6.45) is 6.42. The van der Waals surface area contributed by atoms with Crippen LogP contribution in [-0.2, 0) is 0 Å². The van der Waals surface area contributed by atoms with E-state index >= 15 is 0 Å². The molecule has 1 aliphatic carbocycles. The highest BCUT2D eigenvalue weighted by Crippen LogP contribution is 2.36. The third-order valence-electron chi connectivity index (χ3n) is 5.20. The van der Waals surface area contributed by atoms with Crippen molar-refractivity contribution in [3.63, 3.8) is 0 Å². The molecule has 1 aliphatic heterocycles. The molecule has 0 unspecified atom stereocenters. The Morgan fingerprint density at radius 1 is 1.04 bits per heavy atom. The van der Waals surface area contributed by atoms with Crippen molar-refractivity contribution in [2.24, 2.45) is 11.8 Å². The Balaban J connectivity index is 1.62. The van der Waals surface area contributed by atoms with Crippen molar-refractivity contribution in [3.8, 4) is 0 Å². The van der Waals surface area contributed by atoms with Gasteiger partial charge in [0.25, 0.3) is 5.91 Å². The Labute approximate surface area is 137 Å². The number of rotatable bonds is 2. The second kappa shape index (κ2) is 7.02. The average molecular weight is 315 g/mol. The Hall–Kier alpha value is -2.04. The van der Waals surface area contributed by atoms with E-state index in [4.69, 9.17) is 0 Å². The van der Waals surface area contributed by atoms with Crippen LogP contribution in [0.1, 0.15) is 42.5 Å². The van der Waals surface area contributed by atoms with Crippen LogP contribution in [0.3, 0.4) is 0 Å². The topological polar surface area (TPSA) is 61.4 Å². The van der Waals surface area contributed by atoms with E-state index in [1.165, 1.54) is 25.7 Å². The van der Waals surface area contributed by atoms with Crippen LogP contribution in [0.15, 0.2) is 24.3 Å². The minimum Gasteiger partial charge on any atom is -0.341 e. The monoisotopic (exact) mass is 315 g/mol. The molecule has 2 fully saturated rings. The Kier molecular flexibility index (Phi) is 4.84. The standard InChI is InChI=1S/C18H25N3O2/c1-19-18(23)20-16-8-6-14(7-9-16)17(22)21-11-10-13-4-2-3-5-15(13)12-21/h6-9,13,15H,2-5,10-12H2,1H3,(H2,19,20,23)/t13-,15+/m1/s1. The molecule has 1 aromatic carbocycles. The fourth-order valence-corrected chi connectivity index (χ4v) is 3.86. The smallest absolute Gasteiger partial charge is 0.318 e. The molecule has 1 heterocycles. The summed E-state index contributed by atoms with van der Waals surface area (Å²) in [5, 5.41) is 5.20. The van der Waals surface area contributed by atoms with Gasteiger partial charge in [-0.2, -0.15) is 0 Å². The molecule has 5 heteroatoms. The number of piperidine rings is 1. The van der Waals surface area contributed by atoms with Crippen molar-refractivity contribution < 1.29 is 9.59 Å². The van der Waals surface area contributed by atoms with E-state index < -0.39 is 0 Å². The maximum atomic E-state index is 12.7. The van der Waals surface area contributed by atoms with Crippen LogP contribution in [0.5, 0.6) is 0 Å². The van der Waals surface area contributed by atoms with E-state index in [-0.39, 0.29) is 11.9 Å². The van der Waals surface area contributed by atoms with Gasteiger partial charge in [0.05, 0.1) is 0 Å². The minimum absolute atomic E-state index is 0.112. The van der Waals surface area contributed by atoms with Crippen molar-refractivity contribution in [3.05, 3.63) is 29.8 Å². The average Bonchev–Trinajstić information content (AvgIpc) is 2.61. The van der Waals surface area contributed by atoms with Crippen molar-refractivity contribution in [2.75, 3.05) is 25.5 Å². The van der Waals surface area contributed by atoms with Gasteiger partial charge < -0.3 is 15.5 Å². The number of nitrogens with zero attached hydrogens (tertiary/aromatic N) is 1. The summed E-state index contributed by atoms with van der Waals surface area (Å²) in [5.74, 6) is 1.63. The summed E-state index contributed by atoms with van der Waals surface area (Å²) < 4.78 is 0. The van der Waals surface area contributed by atoms with E-state index in [9.17, 15) is 9.59 Å². The zero-order valence-electron chi connectivity index (χ0n) is 13.7. The van der Waals surface area contributed by atoms with E-state index in [1.54, 1.807) is 31.3 Å². The molecule has 5 nitrogen and oxygen atoms in total. The molecule has 124 valence electrons. The van der Waals surface area contributed by atoms with E-state index in [1.807, 2.05) is 4.90 Å². The van der Waals surface area contributed by atoms with Crippen LogP contribution in [-0.4, -0.2) is 37.0 Å². The van der Waals surface area contributed by atoms with E-state index in [0.29, 0.717) is 17.2 Å². The number of fused-ring (bicyclic) bond motifs is 1. The number of nitrogens with one attached hydrogen (secondary N) is 2. The first-order valence-electron chi connectivity index (χ1n) is 8.55. The third kappa shape index (κ3) is 3.66. The molecule has 2 N–H and O–H groups in total. The largest absolute Gasteiger partial charge is 0.341 e. The van der Waals surface area contributed by atoms with Gasteiger partial charge in [-0.15, -0.1) is 0 Å². The number of amides is 3. The fraction of sp³-hybridized carbons (Fsp3) is 0.556. The minimum atomic E-state index is -0.261. The molecule has 0 bridgehead atoms. The summed E-state index contributed by atoms with van der Waals surface area (Å²) in [5.41, 5.74) is 1.38. The molecular weight excluding hydrogens is 290 g/mol.